The minimum absolute atomic E-state index is 0.441. The molecule has 88 valence electrons. The number of hydrogen-bond donors (Lipinski definition) is 1. The predicted octanol–water partition coefficient (Wildman–Crippen LogP) is 3.36. The standard InChI is InChI=1S/C14H21NO/c1-3-14-10-13(8-9-16-14)15-12-6-4-11(2)5-7-12/h4-7,13-15H,3,8-10H2,1-2H3. The van der Waals surface area contributed by atoms with Gasteiger partial charge in [0.25, 0.3) is 0 Å². The van der Waals surface area contributed by atoms with Crippen LogP contribution in [0.2, 0.25) is 0 Å². The molecule has 2 atom stereocenters. The van der Waals surface area contributed by atoms with E-state index in [1.165, 1.54) is 11.3 Å². The highest BCUT2D eigenvalue weighted by molar-refractivity contribution is 5.45. The molecule has 2 heteroatoms. The molecule has 1 fully saturated rings. The quantitative estimate of drug-likeness (QED) is 0.841. The Morgan fingerprint density at radius 2 is 2.06 bits per heavy atom. The molecule has 1 heterocycles. The van der Waals surface area contributed by atoms with E-state index in [-0.39, 0.29) is 0 Å². The SMILES string of the molecule is CCC1CC(Nc2ccc(C)cc2)CCO1. The average Bonchev–Trinajstić information content (AvgIpc) is 2.32. The van der Waals surface area contributed by atoms with Crippen LogP contribution in [0.25, 0.3) is 0 Å². The summed E-state index contributed by atoms with van der Waals surface area (Å²) in [5.41, 5.74) is 2.54. The molecule has 1 saturated heterocycles. The summed E-state index contributed by atoms with van der Waals surface area (Å²) < 4.78 is 5.67. The number of aryl methyl sites for hydroxylation is 1. The van der Waals surface area contributed by atoms with Crippen molar-refractivity contribution in [2.24, 2.45) is 0 Å². The molecular formula is C14H21NO. The van der Waals surface area contributed by atoms with Gasteiger partial charge in [0, 0.05) is 18.3 Å². The summed E-state index contributed by atoms with van der Waals surface area (Å²) in [4.78, 5) is 0. The van der Waals surface area contributed by atoms with Gasteiger partial charge in [0.05, 0.1) is 6.10 Å². The number of hydrogen-bond acceptors (Lipinski definition) is 2. The van der Waals surface area contributed by atoms with Crippen LogP contribution in [0.1, 0.15) is 31.7 Å². The van der Waals surface area contributed by atoms with E-state index in [1.807, 2.05) is 0 Å². The maximum Gasteiger partial charge on any atom is 0.0592 e. The van der Waals surface area contributed by atoms with Crippen LogP contribution in [0.4, 0.5) is 5.69 Å². The zero-order chi connectivity index (χ0) is 11.4. The number of ether oxygens (including phenoxy) is 1. The summed E-state index contributed by atoms with van der Waals surface area (Å²) in [6, 6.07) is 9.19. The fourth-order valence-corrected chi connectivity index (χ4v) is 2.18. The molecule has 0 radical (unpaired) electrons. The van der Waals surface area contributed by atoms with Gasteiger partial charge in [-0.15, -0.1) is 0 Å². The van der Waals surface area contributed by atoms with Crippen LogP contribution in [0.3, 0.4) is 0 Å². The summed E-state index contributed by atoms with van der Waals surface area (Å²) in [6.07, 6.45) is 3.80. The zero-order valence-corrected chi connectivity index (χ0v) is 10.2. The van der Waals surface area contributed by atoms with Crippen LogP contribution in [0.5, 0.6) is 0 Å². The van der Waals surface area contributed by atoms with Crippen molar-refractivity contribution < 1.29 is 4.74 Å². The minimum Gasteiger partial charge on any atom is -0.382 e. The Labute approximate surface area is 98.0 Å². The van der Waals surface area contributed by atoms with Gasteiger partial charge in [0.1, 0.15) is 0 Å². The first kappa shape index (κ1) is 11.5. The van der Waals surface area contributed by atoms with Gasteiger partial charge >= 0.3 is 0 Å². The van der Waals surface area contributed by atoms with E-state index in [9.17, 15) is 0 Å². The van der Waals surface area contributed by atoms with Gasteiger partial charge in [0.15, 0.2) is 0 Å². The average molecular weight is 219 g/mol. The van der Waals surface area contributed by atoms with Crippen LogP contribution in [-0.4, -0.2) is 18.8 Å². The number of nitrogens with one attached hydrogen (secondary N) is 1. The van der Waals surface area contributed by atoms with Gasteiger partial charge in [-0.2, -0.15) is 0 Å². The lowest BCUT2D eigenvalue weighted by atomic mass is 10.0. The smallest absolute Gasteiger partial charge is 0.0592 e. The third-order valence-electron chi connectivity index (χ3n) is 3.24. The molecule has 1 aromatic carbocycles. The van der Waals surface area contributed by atoms with Gasteiger partial charge in [-0.3, -0.25) is 0 Å². The van der Waals surface area contributed by atoms with Crippen molar-refractivity contribution in [3.63, 3.8) is 0 Å². The third kappa shape index (κ3) is 2.99. The van der Waals surface area contributed by atoms with Gasteiger partial charge in [0.2, 0.25) is 0 Å². The Balaban J connectivity index is 1.91. The van der Waals surface area contributed by atoms with Crippen LogP contribution < -0.4 is 5.32 Å². The first-order valence-corrected chi connectivity index (χ1v) is 6.22. The number of anilines is 1. The molecule has 2 unspecified atom stereocenters. The molecule has 0 amide bonds. The monoisotopic (exact) mass is 219 g/mol. The molecular weight excluding hydrogens is 198 g/mol. The van der Waals surface area contributed by atoms with E-state index < -0.39 is 0 Å². The Morgan fingerprint density at radius 3 is 2.75 bits per heavy atom. The fourth-order valence-electron chi connectivity index (χ4n) is 2.18. The molecule has 2 nitrogen and oxygen atoms in total. The van der Waals surface area contributed by atoms with Crippen molar-refractivity contribution in [2.75, 3.05) is 11.9 Å². The van der Waals surface area contributed by atoms with E-state index in [2.05, 4.69) is 43.4 Å². The summed E-state index contributed by atoms with van der Waals surface area (Å²) in [5.74, 6) is 0. The molecule has 16 heavy (non-hydrogen) atoms. The van der Waals surface area contributed by atoms with Crippen molar-refractivity contribution in [1.82, 2.24) is 0 Å². The second-order valence-electron chi connectivity index (χ2n) is 4.63. The van der Waals surface area contributed by atoms with E-state index in [0.29, 0.717) is 12.1 Å². The lowest BCUT2D eigenvalue weighted by molar-refractivity contribution is 0.00926. The Kier molecular flexibility index (Phi) is 3.83. The zero-order valence-electron chi connectivity index (χ0n) is 10.2. The molecule has 1 aromatic rings. The lowest BCUT2D eigenvalue weighted by Crippen LogP contribution is -2.33. The fraction of sp³-hybridized carbons (Fsp3) is 0.571. The highest BCUT2D eigenvalue weighted by Crippen LogP contribution is 2.20. The Morgan fingerprint density at radius 1 is 1.31 bits per heavy atom. The largest absolute Gasteiger partial charge is 0.382 e. The number of rotatable bonds is 3. The summed E-state index contributed by atoms with van der Waals surface area (Å²) in [5, 5.41) is 3.59. The van der Waals surface area contributed by atoms with Gasteiger partial charge in [-0.1, -0.05) is 24.6 Å². The predicted molar refractivity (Wildman–Crippen MR) is 67.9 cm³/mol. The van der Waals surface area contributed by atoms with Crippen molar-refractivity contribution in [1.29, 1.82) is 0 Å². The van der Waals surface area contributed by atoms with E-state index in [1.54, 1.807) is 0 Å². The lowest BCUT2D eigenvalue weighted by Gasteiger charge is -2.30. The molecule has 1 N–H and O–H groups in total. The minimum atomic E-state index is 0.441. The van der Waals surface area contributed by atoms with Crippen molar-refractivity contribution in [3.05, 3.63) is 29.8 Å². The first-order chi connectivity index (χ1) is 7.78. The molecule has 1 aliphatic heterocycles. The van der Waals surface area contributed by atoms with E-state index in [0.717, 1.165) is 25.9 Å². The van der Waals surface area contributed by atoms with Crippen molar-refractivity contribution in [2.45, 2.75) is 45.3 Å². The maximum atomic E-state index is 5.67. The molecule has 0 spiro atoms. The molecule has 0 bridgehead atoms. The molecule has 0 aliphatic carbocycles. The first-order valence-electron chi connectivity index (χ1n) is 6.22. The third-order valence-corrected chi connectivity index (χ3v) is 3.24. The van der Waals surface area contributed by atoms with E-state index >= 15 is 0 Å². The topological polar surface area (TPSA) is 21.3 Å². The Bertz CT molecular complexity index is 320. The second-order valence-corrected chi connectivity index (χ2v) is 4.63. The Hall–Kier alpha value is -1.02. The van der Waals surface area contributed by atoms with Gasteiger partial charge < -0.3 is 10.1 Å². The van der Waals surface area contributed by atoms with Crippen molar-refractivity contribution in [3.8, 4) is 0 Å². The normalized spacial score (nSPS) is 25.4. The summed E-state index contributed by atoms with van der Waals surface area (Å²) in [6.45, 7) is 5.20. The van der Waals surface area contributed by atoms with Gasteiger partial charge in [-0.05, 0) is 38.3 Å². The summed E-state index contributed by atoms with van der Waals surface area (Å²) >= 11 is 0. The highest BCUT2D eigenvalue weighted by atomic mass is 16.5. The van der Waals surface area contributed by atoms with Crippen LogP contribution in [-0.2, 0) is 4.74 Å². The van der Waals surface area contributed by atoms with Gasteiger partial charge in [-0.25, -0.2) is 0 Å². The van der Waals surface area contributed by atoms with E-state index in [4.69, 9.17) is 4.74 Å². The van der Waals surface area contributed by atoms with Crippen molar-refractivity contribution >= 4 is 5.69 Å². The second kappa shape index (κ2) is 5.35. The van der Waals surface area contributed by atoms with Crippen LogP contribution in [0.15, 0.2) is 24.3 Å². The maximum absolute atomic E-state index is 5.67. The highest BCUT2D eigenvalue weighted by Gasteiger charge is 2.20. The molecule has 0 saturated carbocycles. The van der Waals surface area contributed by atoms with Crippen LogP contribution in [0, 0.1) is 6.92 Å². The van der Waals surface area contributed by atoms with Crippen LogP contribution >= 0.6 is 0 Å². The molecule has 0 aromatic heterocycles. The molecule has 2 rings (SSSR count). The molecule has 1 aliphatic rings. The summed E-state index contributed by atoms with van der Waals surface area (Å²) in [7, 11) is 0. The number of benzene rings is 1.